The van der Waals surface area contributed by atoms with Crippen molar-refractivity contribution in [2.45, 2.75) is 6.42 Å². The lowest BCUT2D eigenvalue weighted by molar-refractivity contribution is -0.117. The molecule has 0 aromatic heterocycles. The number of carbonyl (C=O) groups is 1. The van der Waals surface area contributed by atoms with Crippen LogP contribution in [0.5, 0.6) is 0 Å². The summed E-state index contributed by atoms with van der Waals surface area (Å²) in [5.41, 5.74) is 0.767. The van der Waals surface area contributed by atoms with Crippen LogP contribution in [0.3, 0.4) is 0 Å². The van der Waals surface area contributed by atoms with E-state index in [1.807, 2.05) is 11.0 Å². The topological polar surface area (TPSA) is 29.5 Å². The van der Waals surface area contributed by atoms with Gasteiger partial charge in [-0.25, -0.2) is 0 Å². The molecule has 1 aliphatic heterocycles. The molecule has 3 nitrogen and oxygen atoms in total. The quantitative estimate of drug-likeness (QED) is 0.554. The van der Waals surface area contributed by atoms with E-state index in [9.17, 15) is 4.79 Å². The lowest BCUT2D eigenvalue weighted by atomic mass is 10.0. The van der Waals surface area contributed by atoms with Gasteiger partial charge in [0.15, 0.2) is 5.78 Å². The number of allylic oxidation sites excluding steroid dienone is 2. The van der Waals surface area contributed by atoms with Crippen LogP contribution in [0.2, 0.25) is 0 Å². The van der Waals surface area contributed by atoms with Gasteiger partial charge in [0, 0.05) is 13.0 Å². The Labute approximate surface area is 76.0 Å². The van der Waals surface area contributed by atoms with Crippen LogP contribution < -0.4 is 0 Å². The third-order valence-electron chi connectivity index (χ3n) is 2.04. The van der Waals surface area contributed by atoms with E-state index in [4.69, 9.17) is 17.0 Å². The molecule has 0 unspecified atom stereocenters. The van der Waals surface area contributed by atoms with Crippen LogP contribution in [0.15, 0.2) is 11.8 Å². The Bertz CT molecular complexity index is 272. The van der Waals surface area contributed by atoms with Crippen molar-refractivity contribution in [3.63, 3.8) is 0 Å². The van der Waals surface area contributed by atoms with Crippen molar-refractivity contribution in [1.82, 2.24) is 4.90 Å². The summed E-state index contributed by atoms with van der Waals surface area (Å²) in [4.78, 5) is 13.7. The first-order chi connectivity index (χ1) is 5.79. The van der Waals surface area contributed by atoms with Crippen molar-refractivity contribution in [2.24, 2.45) is 0 Å². The number of ketones is 1. The predicted molar refractivity (Wildman–Crippen MR) is 47.8 cm³/mol. The van der Waals surface area contributed by atoms with Crippen molar-refractivity contribution in [3.05, 3.63) is 11.8 Å². The number of morpholine rings is 1. The van der Waals surface area contributed by atoms with Gasteiger partial charge in [-0.05, 0) is 6.08 Å². The molecule has 0 saturated carbocycles. The summed E-state index contributed by atoms with van der Waals surface area (Å²) in [7, 11) is 0. The van der Waals surface area contributed by atoms with Gasteiger partial charge in [-0.15, -0.1) is 0 Å². The van der Waals surface area contributed by atoms with Gasteiger partial charge >= 0.3 is 0 Å². The minimum atomic E-state index is 0.194. The Morgan fingerprint density at radius 2 is 2.42 bits per heavy atom. The minimum absolute atomic E-state index is 0.194. The number of rotatable bonds is 1. The summed E-state index contributed by atoms with van der Waals surface area (Å²) in [6.07, 6.45) is 2.48. The first-order valence-electron chi connectivity index (χ1n) is 3.90. The number of thiocarbonyl (C=S) groups is 1. The molecule has 12 heavy (non-hydrogen) atoms. The minimum Gasteiger partial charge on any atom is -0.372 e. The number of nitrogens with zero attached hydrogens (tertiary/aromatic N) is 1. The molecule has 64 valence electrons. The summed E-state index contributed by atoms with van der Waals surface area (Å²) in [6, 6.07) is 0. The highest BCUT2D eigenvalue weighted by atomic mass is 32.1. The molecule has 0 spiro atoms. The average molecular weight is 183 g/mol. The summed E-state index contributed by atoms with van der Waals surface area (Å²) < 4.78 is 5.14. The fraction of sp³-hybridized carbons (Fsp3) is 0.500. The van der Waals surface area contributed by atoms with Gasteiger partial charge in [0.05, 0.1) is 18.9 Å². The number of ether oxygens (including phenoxy) is 1. The van der Waals surface area contributed by atoms with Crippen LogP contribution in [-0.4, -0.2) is 35.4 Å². The maximum Gasteiger partial charge on any atom is 0.182 e. The van der Waals surface area contributed by atoms with E-state index in [2.05, 4.69) is 0 Å². The normalized spacial score (nSPS) is 23.7. The lowest BCUT2D eigenvalue weighted by Gasteiger charge is -2.33. The van der Waals surface area contributed by atoms with Crippen molar-refractivity contribution < 1.29 is 9.53 Å². The average Bonchev–Trinajstić information content (AvgIpc) is 2.06. The van der Waals surface area contributed by atoms with Crippen LogP contribution >= 0.6 is 12.2 Å². The summed E-state index contributed by atoms with van der Waals surface area (Å²) in [5, 5.41) is 0. The van der Waals surface area contributed by atoms with Gasteiger partial charge in [0.25, 0.3) is 0 Å². The van der Waals surface area contributed by atoms with Gasteiger partial charge in [0.2, 0.25) is 0 Å². The molecule has 1 aliphatic carbocycles. The highest BCUT2D eigenvalue weighted by Gasteiger charge is 2.27. The Balaban J connectivity index is 2.11. The molecule has 1 heterocycles. The zero-order valence-corrected chi connectivity index (χ0v) is 7.39. The maximum atomic E-state index is 11.1. The summed E-state index contributed by atoms with van der Waals surface area (Å²) >= 11 is 5.06. The number of hydrogen-bond acceptors (Lipinski definition) is 3. The summed E-state index contributed by atoms with van der Waals surface area (Å²) in [5.74, 6) is 0.194. The van der Waals surface area contributed by atoms with Crippen molar-refractivity contribution in [3.8, 4) is 0 Å². The van der Waals surface area contributed by atoms with Crippen molar-refractivity contribution in [2.75, 3.05) is 19.8 Å². The predicted octanol–water partition coefficient (Wildman–Crippen LogP) is 0.503. The Morgan fingerprint density at radius 3 is 2.92 bits per heavy atom. The molecular weight excluding hydrogens is 174 g/mol. The van der Waals surface area contributed by atoms with Crippen molar-refractivity contribution in [1.29, 1.82) is 0 Å². The standard InChI is InChI=1S/C8H9NO2S/c10-7-2-1-6(7)9-3-4-11-5-8(9)12/h1H,2-5H2. The van der Waals surface area contributed by atoms with Crippen LogP contribution in [-0.2, 0) is 9.53 Å². The third kappa shape index (κ3) is 1.17. The number of carbonyl (C=O) groups excluding carboxylic acids is 1. The van der Waals surface area contributed by atoms with E-state index in [0.717, 1.165) is 17.2 Å². The highest BCUT2D eigenvalue weighted by Crippen LogP contribution is 2.20. The Kier molecular flexibility index (Phi) is 1.94. The van der Waals surface area contributed by atoms with Crippen LogP contribution in [0, 0.1) is 0 Å². The fourth-order valence-corrected chi connectivity index (χ4v) is 1.58. The smallest absolute Gasteiger partial charge is 0.182 e. The molecule has 0 bridgehead atoms. The third-order valence-corrected chi connectivity index (χ3v) is 2.38. The number of hydrogen-bond donors (Lipinski definition) is 0. The van der Waals surface area contributed by atoms with E-state index in [-0.39, 0.29) is 5.78 Å². The van der Waals surface area contributed by atoms with Gasteiger partial charge in [-0.2, -0.15) is 0 Å². The summed E-state index contributed by atoms with van der Waals surface area (Å²) in [6.45, 7) is 1.85. The molecule has 2 aliphatic rings. The molecule has 0 atom stereocenters. The highest BCUT2D eigenvalue weighted by molar-refractivity contribution is 7.80. The van der Waals surface area contributed by atoms with E-state index in [1.54, 1.807) is 0 Å². The first-order valence-corrected chi connectivity index (χ1v) is 4.31. The van der Waals surface area contributed by atoms with E-state index < -0.39 is 0 Å². The second kappa shape index (κ2) is 2.95. The SMILES string of the molecule is O=C1CC=C1N1CCOCC1=S. The van der Waals surface area contributed by atoms with Gasteiger partial charge in [-0.3, -0.25) is 4.79 Å². The Hall–Kier alpha value is -0.740. The molecule has 0 aromatic carbocycles. The molecule has 0 aromatic rings. The number of Topliss-reactive ketones (excluding diaryl/α,β-unsaturated/α-hetero) is 1. The zero-order chi connectivity index (χ0) is 8.55. The van der Waals surface area contributed by atoms with E-state index >= 15 is 0 Å². The van der Waals surface area contributed by atoms with E-state index in [1.165, 1.54) is 0 Å². The maximum absolute atomic E-state index is 11.1. The second-order valence-electron chi connectivity index (χ2n) is 2.81. The molecular formula is C8H9NO2S. The fourth-order valence-electron chi connectivity index (χ4n) is 1.31. The van der Waals surface area contributed by atoms with Crippen LogP contribution in [0.4, 0.5) is 0 Å². The second-order valence-corrected chi connectivity index (χ2v) is 3.29. The molecule has 1 saturated heterocycles. The largest absolute Gasteiger partial charge is 0.372 e. The van der Waals surface area contributed by atoms with Gasteiger partial charge in [0.1, 0.15) is 4.99 Å². The molecule has 2 rings (SSSR count). The van der Waals surface area contributed by atoms with Crippen molar-refractivity contribution >= 4 is 23.0 Å². The van der Waals surface area contributed by atoms with Gasteiger partial charge in [-0.1, -0.05) is 12.2 Å². The Morgan fingerprint density at radius 1 is 1.58 bits per heavy atom. The molecule has 0 amide bonds. The monoisotopic (exact) mass is 183 g/mol. The van der Waals surface area contributed by atoms with Crippen LogP contribution in [0.1, 0.15) is 6.42 Å². The molecule has 0 N–H and O–H groups in total. The lowest BCUT2D eigenvalue weighted by Crippen LogP contribution is -2.43. The first kappa shape index (κ1) is 7.89. The van der Waals surface area contributed by atoms with Gasteiger partial charge < -0.3 is 9.64 Å². The molecule has 1 fully saturated rings. The zero-order valence-electron chi connectivity index (χ0n) is 6.58. The molecule has 4 heteroatoms. The van der Waals surface area contributed by atoms with E-state index in [0.29, 0.717) is 19.6 Å². The van der Waals surface area contributed by atoms with Crippen LogP contribution in [0.25, 0.3) is 0 Å². The molecule has 0 radical (unpaired) electrons.